The van der Waals surface area contributed by atoms with Crippen molar-refractivity contribution in [3.63, 3.8) is 0 Å². The maximum atomic E-state index is 12.5. The van der Waals surface area contributed by atoms with Crippen molar-refractivity contribution in [2.24, 2.45) is 0 Å². The van der Waals surface area contributed by atoms with E-state index in [0.29, 0.717) is 24.6 Å². The van der Waals surface area contributed by atoms with Crippen LogP contribution in [0.3, 0.4) is 0 Å². The number of benzene rings is 1. The van der Waals surface area contributed by atoms with Gasteiger partial charge in [-0.05, 0) is 25.1 Å². The van der Waals surface area contributed by atoms with Gasteiger partial charge >= 0.3 is 11.9 Å². The van der Waals surface area contributed by atoms with Crippen LogP contribution in [-0.2, 0) is 30.3 Å². The lowest BCUT2D eigenvalue weighted by Gasteiger charge is -2.32. The number of ether oxygens (including phenoxy) is 4. The first-order valence-corrected chi connectivity index (χ1v) is 9.02. The lowest BCUT2D eigenvalue weighted by atomic mass is 10.1. The molecule has 0 amide bonds. The monoisotopic (exact) mass is 401 g/mol. The Balaban J connectivity index is 1.88. The lowest BCUT2D eigenvalue weighted by molar-refractivity contribution is -0.140. The molecule has 0 N–H and O–H groups in total. The highest BCUT2D eigenvalue weighted by atomic mass is 16.5. The van der Waals surface area contributed by atoms with Crippen LogP contribution in [0.4, 0.5) is 5.69 Å². The number of methoxy groups -OCH3 is 2. The highest BCUT2D eigenvalue weighted by Crippen LogP contribution is 2.34. The molecule has 1 aliphatic heterocycles. The van der Waals surface area contributed by atoms with Crippen molar-refractivity contribution < 1.29 is 28.5 Å². The minimum absolute atomic E-state index is 0.0463. The van der Waals surface area contributed by atoms with Gasteiger partial charge in [0.15, 0.2) is 0 Å². The molecule has 0 fully saturated rings. The molecular weight excluding hydrogens is 378 g/mol. The third kappa shape index (κ3) is 4.57. The van der Waals surface area contributed by atoms with Gasteiger partial charge in [-0.3, -0.25) is 4.68 Å². The summed E-state index contributed by atoms with van der Waals surface area (Å²) in [4.78, 5) is 26.2. The summed E-state index contributed by atoms with van der Waals surface area (Å²) in [5.74, 6) is -0.773. The van der Waals surface area contributed by atoms with Gasteiger partial charge < -0.3 is 23.8 Å². The maximum Gasteiger partial charge on any atom is 0.355 e. The fourth-order valence-electron chi connectivity index (χ4n) is 2.97. The molecule has 154 valence electrons. The zero-order chi connectivity index (χ0) is 20.8. The second-order valence-electron chi connectivity index (χ2n) is 6.25. The van der Waals surface area contributed by atoms with E-state index in [1.165, 1.54) is 14.2 Å². The van der Waals surface area contributed by atoms with Crippen molar-refractivity contribution in [3.05, 3.63) is 53.5 Å². The summed E-state index contributed by atoms with van der Waals surface area (Å²) in [6, 6.07) is 9.11. The number of aryl methyl sites for hydroxylation is 1. The van der Waals surface area contributed by atoms with Crippen LogP contribution in [0.15, 0.2) is 47.8 Å². The molecule has 1 aromatic heterocycles. The summed E-state index contributed by atoms with van der Waals surface area (Å²) in [6.45, 7) is 2.86. The van der Waals surface area contributed by atoms with Crippen molar-refractivity contribution in [1.82, 2.24) is 9.78 Å². The Bertz CT molecular complexity index is 920. The van der Waals surface area contributed by atoms with E-state index in [1.54, 1.807) is 27.8 Å². The lowest BCUT2D eigenvalue weighted by Crippen LogP contribution is -2.39. The van der Waals surface area contributed by atoms with Crippen molar-refractivity contribution >= 4 is 17.6 Å². The molecule has 9 heteroatoms. The molecule has 3 rings (SSSR count). The molecule has 0 bridgehead atoms. The van der Waals surface area contributed by atoms with Crippen LogP contribution in [-0.4, -0.2) is 55.9 Å². The minimum atomic E-state index is -0.657. The van der Waals surface area contributed by atoms with Crippen LogP contribution in [0.1, 0.15) is 5.69 Å². The average Bonchev–Trinajstić information content (AvgIpc) is 3.17. The molecule has 1 aromatic carbocycles. The Hall–Kier alpha value is -3.33. The zero-order valence-corrected chi connectivity index (χ0v) is 16.6. The van der Waals surface area contributed by atoms with E-state index in [9.17, 15) is 9.59 Å². The Labute approximate surface area is 168 Å². The summed E-state index contributed by atoms with van der Waals surface area (Å²) in [6.07, 6.45) is 1.88. The molecular formula is C20H23N3O6. The third-order valence-electron chi connectivity index (χ3n) is 4.34. The van der Waals surface area contributed by atoms with E-state index in [-0.39, 0.29) is 24.6 Å². The molecule has 2 aromatic rings. The fraction of sp³-hybridized carbons (Fsp3) is 0.350. The van der Waals surface area contributed by atoms with E-state index >= 15 is 0 Å². The molecule has 0 spiro atoms. The normalized spacial score (nSPS) is 14.0. The molecule has 29 heavy (non-hydrogen) atoms. The first-order valence-electron chi connectivity index (χ1n) is 9.02. The Kier molecular flexibility index (Phi) is 6.50. The zero-order valence-electron chi connectivity index (χ0n) is 16.6. The standard InChI is InChI=1S/C20H23N3O6/c1-14-8-9-22(21-14)10-11-29-17-7-5-4-6-16(17)23-13-28-12-15(19(24)26-2)18(23)20(25)27-3/h4-9H,10-13H2,1-3H3. The predicted octanol–water partition coefficient (Wildman–Crippen LogP) is 1.66. The molecule has 2 heterocycles. The first kappa shape index (κ1) is 20.4. The number of aromatic nitrogens is 2. The van der Waals surface area contributed by atoms with Crippen molar-refractivity contribution in [2.75, 3.05) is 39.1 Å². The van der Waals surface area contributed by atoms with Gasteiger partial charge in [0.2, 0.25) is 0 Å². The van der Waals surface area contributed by atoms with Gasteiger partial charge in [0.25, 0.3) is 0 Å². The summed E-state index contributed by atoms with van der Waals surface area (Å²) in [5.41, 5.74) is 1.67. The summed E-state index contributed by atoms with van der Waals surface area (Å²) >= 11 is 0. The quantitative estimate of drug-likeness (QED) is 0.647. The smallest absolute Gasteiger partial charge is 0.355 e. The van der Waals surface area contributed by atoms with Crippen molar-refractivity contribution in [2.45, 2.75) is 13.5 Å². The SMILES string of the molecule is COC(=O)C1=C(C(=O)OC)N(c2ccccc2OCCn2ccc(C)n2)COC1. The minimum Gasteiger partial charge on any atom is -0.489 e. The van der Waals surface area contributed by atoms with Crippen LogP contribution in [0.5, 0.6) is 5.75 Å². The summed E-state index contributed by atoms with van der Waals surface area (Å²) in [5, 5.41) is 4.33. The van der Waals surface area contributed by atoms with Crippen molar-refractivity contribution in [3.8, 4) is 5.75 Å². The number of esters is 2. The number of hydrogen-bond acceptors (Lipinski definition) is 8. The molecule has 1 aliphatic rings. The van der Waals surface area contributed by atoms with E-state index < -0.39 is 11.9 Å². The number of anilines is 1. The maximum absolute atomic E-state index is 12.5. The molecule has 0 saturated heterocycles. The van der Waals surface area contributed by atoms with Crippen LogP contribution in [0, 0.1) is 6.92 Å². The van der Waals surface area contributed by atoms with E-state index in [0.717, 1.165) is 5.69 Å². The second-order valence-corrected chi connectivity index (χ2v) is 6.25. The van der Waals surface area contributed by atoms with Gasteiger partial charge in [-0.15, -0.1) is 0 Å². The molecule has 0 radical (unpaired) electrons. The molecule has 0 saturated carbocycles. The van der Waals surface area contributed by atoms with Crippen LogP contribution >= 0.6 is 0 Å². The highest BCUT2D eigenvalue weighted by Gasteiger charge is 2.33. The van der Waals surface area contributed by atoms with Crippen molar-refractivity contribution in [1.29, 1.82) is 0 Å². The number of carbonyl (C=O) groups excluding carboxylic acids is 2. The van der Waals surface area contributed by atoms with Gasteiger partial charge in [-0.25, -0.2) is 9.59 Å². The van der Waals surface area contributed by atoms with E-state index in [4.69, 9.17) is 18.9 Å². The Morgan fingerprint density at radius 2 is 1.90 bits per heavy atom. The first-order chi connectivity index (χ1) is 14.0. The fourth-order valence-corrected chi connectivity index (χ4v) is 2.97. The molecule has 0 aliphatic carbocycles. The number of rotatable bonds is 7. The third-order valence-corrected chi connectivity index (χ3v) is 4.34. The number of para-hydroxylation sites is 2. The second kappa shape index (κ2) is 9.24. The van der Waals surface area contributed by atoms with Gasteiger partial charge in [0.1, 0.15) is 24.8 Å². The molecule has 0 unspecified atom stereocenters. The van der Waals surface area contributed by atoms with Gasteiger partial charge in [0.05, 0.1) is 44.3 Å². The van der Waals surface area contributed by atoms with Crippen LogP contribution in [0.2, 0.25) is 0 Å². The van der Waals surface area contributed by atoms with Gasteiger partial charge in [-0.1, -0.05) is 12.1 Å². The summed E-state index contributed by atoms with van der Waals surface area (Å²) in [7, 11) is 2.50. The van der Waals surface area contributed by atoms with Crippen LogP contribution in [0.25, 0.3) is 0 Å². The number of hydrogen-bond donors (Lipinski definition) is 0. The van der Waals surface area contributed by atoms with E-state index in [2.05, 4.69) is 5.10 Å². The van der Waals surface area contributed by atoms with Gasteiger partial charge in [0, 0.05) is 6.20 Å². The molecule has 9 nitrogen and oxygen atoms in total. The highest BCUT2D eigenvalue weighted by molar-refractivity contribution is 6.03. The average molecular weight is 401 g/mol. The van der Waals surface area contributed by atoms with Crippen LogP contribution < -0.4 is 9.64 Å². The Morgan fingerprint density at radius 1 is 1.14 bits per heavy atom. The topological polar surface area (TPSA) is 92.1 Å². The van der Waals surface area contributed by atoms with E-state index in [1.807, 2.05) is 25.3 Å². The van der Waals surface area contributed by atoms with Gasteiger partial charge in [-0.2, -0.15) is 5.10 Å². The molecule has 0 atom stereocenters. The summed E-state index contributed by atoms with van der Waals surface area (Å²) < 4.78 is 22.9. The Morgan fingerprint density at radius 3 is 2.59 bits per heavy atom. The number of nitrogens with zero attached hydrogens (tertiary/aromatic N) is 3. The number of carbonyl (C=O) groups is 2. The predicted molar refractivity (Wildman–Crippen MR) is 103 cm³/mol. The largest absolute Gasteiger partial charge is 0.489 e.